The fraction of sp³-hybridized carbons (Fsp3) is 0.423. The third-order valence-electron chi connectivity index (χ3n) is 5.40. The molecule has 2 N–H and O–H groups in total. The molecule has 2 aromatic carbocycles. The van der Waals surface area contributed by atoms with Crippen molar-refractivity contribution in [3.05, 3.63) is 41.5 Å². The molecule has 0 bridgehead atoms. The van der Waals surface area contributed by atoms with Gasteiger partial charge in [0, 0.05) is 30.8 Å². The lowest BCUT2D eigenvalue weighted by molar-refractivity contribution is -0.712. The highest BCUT2D eigenvalue weighted by Gasteiger charge is 2.24. The smallest absolute Gasteiger partial charge is 0.431 e. The first kappa shape index (κ1) is 30.0. The van der Waals surface area contributed by atoms with Crippen LogP contribution in [0.4, 0.5) is 33.0 Å². The molecule has 1 heterocycles. The summed E-state index contributed by atoms with van der Waals surface area (Å²) in [6.45, 7) is 14.1. The number of amides is 1. The maximum Gasteiger partial charge on any atom is 0.431 e. The fourth-order valence-electron chi connectivity index (χ4n) is 4.07. The number of nitrogens with one attached hydrogen (secondary N) is 2. The molecular weight excluding hydrogens is 510 g/mol. The van der Waals surface area contributed by atoms with E-state index in [2.05, 4.69) is 76.8 Å². The Hall–Kier alpha value is -3.24. The van der Waals surface area contributed by atoms with Crippen LogP contribution in [0.1, 0.15) is 45.7 Å². The molecule has 1 amide bonds. The molecule has 37 heavy (non-hydrogen) atoms. The highest BCUT2D eigenvalue weighted by atomic mass is 35.5. The van der Waals surface area contributed by atoms with E-state index in [0.29, 0.717) is 40.0 Å². The van der Waals surface area contributed by atoms with E-state index in [4.69, 9.17) is 4.74 Å². The molecule has 200 valence electrons. The molecule has 0 spiro atoms. The van der Waals surface area contributed by atoms with Gasteiger partial charge in [-0.2, -0.15) is 0 Å². The SMILES string of the molecule is COc1cc(N=Nc2sc(N(C(C)C)C(C)C)n[n+]2C)c(NC(C)=O)cc1Nc1cc(C)cc(C)c1.[Cl-]. The Morgan fingerprint density at radius 1 is 1.03 bits per heavy atom. The maximum atomic E-state index is 12.0. The fourth-order valence-corrected chi connectivity index (χ4v) is 5.18. The zero-order valence-corrected chi connectivity index (χ0v) is 24.5. The molecule has 3 aromatic rings. The number of rotatable bonds is 9. The molecule has 0 saturated heterocycles. The molecule has 1 aromatic heterocycles. The standard InChI is InChI=1S/C26H35N7O2S.ClH/c1-15(2)33(16(3)4)26-31-32(8)25(36-26)30-29-22-14-24(35-9)23(13-21(22)27-19(7)34)28-20-11-17(5)10-18(6)12-20;/h10-16H,1-9H3,(H,27,28,34);1H. The van der Waals surface area contributed by atoms with Gasteiger partial charge in [-0.05, 0) is 87.3 Å². The lowest BCUT2D eigenvalue weighted by Gasteiger charge is -2.28. The minimum atomic E-state index is -0.205. The number of benzene rings is 2. The summed E-state index contributed by atoms with van der Waals surface area (Å²) < 4.78 is 7.36. The van der Waals surface area contributed by atoms with Gasteiger partial charge in [0.25, 0.3) is 0 Å². The number of anilines is 4. The first-order valence-corrected chi connectivity index (χ1v) is 12.7. The Balaban J connectivity index is 0.00000481. The number of carbonyl (C=O) groups is 1. The van der Waals surface area contributed by atoms with E-state index in [9.17, 15) is 4.79 Å². The number of azo groups is 1. The second-order valence-electron chi connectivity index (χ2n) is 9.34. The van der Waals surface area contributed by atoms with Crippen molar-refractivity contribution >= 4 is 50.3 Å². The van der Waals surface area contributed by atoms with Gasteiger partial charge < -0.3 is 32.7 Å². The predicted molar refractivity (Wildman–Crippen MR) is 147 cm³/mol. The molecular formula is C26H36ClN7O2S. The van der Waals surface area contributed by atoms with E-state index < -0.39 is 0 Å². The summed E-state index contributed by atoms with van der Waals surface area (Å²) in [7, 11) is 3.45. The third-order valence-corrected chi connectivity index (χ3v) is 6.40. The highest BCUT2D eigenvalue weighted by molar-refractivity contribution is 7.18. The molecule has 0 aliphatic carbocycles. The lowest BCUT2D eigenvalue weighted by atomic mass is 10.1. The summed E-state index contributed by atoms with van der Waals surface area (Å²) >= 11 is 1.47. The van der Waals surface area contributed by atoms with Crippen molar-refractivity contribution in [1.29, 1.82) is 0 Å². The van der Waals surface area contributed by atoms with Gasteiger partial charge in [-0.1, -0.05) is 11.2 Å². The van der Waals surface area contributed by atoms with Gasteiger partial charge in [-0.25, -0.2) is 0 Å². The quantitative estimate of drug-likeness (QED) is 0.318. The maximum absolute atomic E-state index is 12.0. The summed E-state index contributed by atoms with van der Waals surface area (Å²) in [5.74, 6) is 0.376. The molecule has 3 rings (SSSR count). The number of aryl methyl sites for hydroxylation is 3. The lowest BCUT2D eigenvalue weighted by Crippen LogP contribution is -3.00. The van der Waals surface area contributed by atoms with Crippen LogP contribution in [0, 0.1) is 13.8 Å². The number of hydrogen-bond donors (Lipinski definition) is 2. The van der Waals surface area contributed by atoms with Crippen LogP contribution in [0.2, 0.25) is 0 Å². The zero-order chi connectivity index (χ0) is 26.6. The van der Waals surface area contributed by atoms with Crippen LogP contribution in [-0.2, 0) is 11.8 Å². The first-order chi connectivity index (χ1) is 17.0. The minimum absolute atomic E-state index is 0. The van der Waals surface area contributed by atoms with Gasteiger partial charge in [0.1, 0.15) is 18.5 Å². The van der Waals surface area contributed by atoms with Crippen LogP contribution in [0.3, 0.4) is 0 Å². The number of carbonyl (C=O) groups excluding carboxylic acids is 1. The van der Waals surface area contributed by atoms with Gasteiger partial charge >= 0.3 is 5.13 Å². The largest absolute Gasteiger partial charge is 1.00 e. The van der Waals surface area contributed by atoms with Crippen molar-refractivity contribution in [2.45, 2.75) is 60.5 Å². The summed E-state index contributed by atoms with van der Waals surface area (Å²) in [5.41, 5.74) is 4.94. The van der Waals surface area contributed by atoms with Crippen LogP contribution in [-0.4, -0.2) is 30.2 Å². The molecule has 0 saturated carbocycles. The number of nitrogens with zero attached hydrogens (tertiary/aromatic N) is 5. The number of ether oxygens (including phenoxy) is 1. The van der Waals surface area contributed by atoms with Crippen molar-refractivity contribution in [3.63, 3.8) is 0 Å². The second kappa shape index (κ2) is 12.8. The summed E-state index contributed by atoms with van der Waals surface area (Å²) in [6, 6.07) is 10.4. The molecule has 0 unspecified atom stereocenters. The van der Waals surface area contributed by atoms with Crippen molar-refractivity contribution in [2.24, 2.45) is 17.3 Å². The van der Waals surface area contributed by atoms with Gasteiger partial charge in [-0.3, -0.25) is 4.79 Å². The van der Waals surface area contributed by atoms with Crippen LogP contribution < -0.4 is 37.4 Å². The second-order valence-corrected chi connectivity index (χ2v) is 10.3. The summed E-state index contributed by atoms with van der Waals surface area (Å²) in [5, 5.41) is 21.4. The molecule has 0 atom stereocenters. The van der Waals surface area contributed by atoms with Gasteiger partial charge in [-0.15, -0.1) is 4.68 Å². The van der Waals surface area contributed by atoms with Crippen molar-refractivity contribution in [3.8, 4) is 5.75 Å². The Bertz CT molecular complexity index is 1250. The topological polar surface area (TPSA) is 95.1 Å². The Morgan fingerprint density at radius 3 is 2.19 bits per heavy atom. The van der Waals surface area contributed by atoms with Crippen LogP contribution in [0.25, 0.3) is 0 Å². The number of aromatic nitrogens is 2. The molecule has 11 heteroatoms. The average molecular weight is 546 g/mol. The van der Waals surface area contributed by atoms with Crippen molar-refractivity contribution in [2.75, 3.05) is 22.6 Å². The third kappa shape index (κ3) is 7.62. The van der Waals surface area contributed by atoms with Crippen LogP contribution in [0.15, 0.2) is 40.6 Å². The van der Waals surface area contributed by atoms with E-state index in [-0.39, 0.29) is 18.3 Å². The first-order valence-electron chi connectivity index (χ1n) is 11.9. The molecule has 0 fully saturated rings. The highest BCUT2D eigenvalue weighted by Crippen LogP contribution is 2.39. The number of halogens is 1. The normalized spacial score (nSPS) is 11.1. The van der Waals surface area contributed by atoms with Gasteiger partial charge in [0.2, 0.25) is 11.0 Å². The Kier molecular flexibility index (Phi) is 10.4. The summed E-state index contributed by atoms with van der Waals surface area (Å²) in [6.07, 6.45) is 0. The molecule has 0 aliphatic rings. The Labute approximate surface area is 229 Å². The predicted octanol–water partition coefficient (Wildman–Crippen LogP) is 3.34. The molecule has 0 aliphatic heterocycles. The Morgan fingerprint density at radius 2 is 1.65 bits per heavy atom. The monoisotopic (exact) mass is 545 g/mol. The van der Waals surface area contributed by atoms with E-state index in [1.165, 1.54) is 18.3 Å². The van der Waals surface area contributed by atoms with E-state index >= 15 is 0 Å². The van der Waals surface area contributed by atoms with E-state index in [0.717, 1.165) is 21.9 Å². The van der Waals surface area contributed by atoms with E-state index in [1.54, 1.807) is 17.9 Å². The van der Waals surface area contributed by atoms with Crippen LogP contribution in [0.5, 0.6) is 5.75 Å². The van der Waals surface area contributed by atoms with Crippen molar-refractivity contribution < 1.29 is 26.6 Å². The number of methoxy groups -OCH3 is 1. The average Bonchev–Trinajstić information content (AvgIpc) is 3.11. The molecule has 9 nitrogen and oxygen atoms in total. The minimum Gasteiger partial charge on any atom is -1.00 e. The van der Waals surface area contributed by atoms with E-state index in [1.807, 2.05) is 27.0 Å². The van der Waals surface area contributed by atoms with Gasteiger partial charge in [0.15, 0.2) is 0 Å². The van der Waals surface area contributed by atoms with Gasteiger partial charge in [0.05, 0.1) is 23.6 Å². The summed E-state index contributed by atoms with van der Waals surface area (Å²) in [4.78, 5) is 14.2. The van der Waals surface area contributed by atoms with Crippen molar-refractivity contribution in [1.82, 2.24) is 5.10 Å². The molecule has 0 radical (unpaired) electrons. The van der Waals surface area contributed by atoms with Crippen LogP contribution >= 0.6 is 11.3 Å². The zero-order valence-electron chi connectivity index (χ0n) is 22.9. The number of hydrogen-bond acceptors (Lipinski definition) is 8.